The van der Waals surface area contributed by atoms with E-state index in [2.05, 4.69) is 68.7 Å². The van der Waals surface area contributed by atoms with Crippen molar-refractivity contribution >= 4 is 0 Å². The summed E-state index contributed by atoms with van der Waals surface area (Å²) in [4.78, 5) is 2.40. The summed E-state index contributed by atoms with van der Waals surface area (Å²) in [7, 11) is 2.19. The summed E-state index contributed by atoms with van der Waals surface area (Å²) in [5.41, 5.74) is 1.63. The van der Waals surface area contributed by atoms with Crippen molar-refractivity contribution in [1.82, 2.24) is 4.90 Å². The summed E-state index contributed by atoms with van der Waals surface area (Å²) in [6.07, 6.45) is 9.08. The third-order valence-corrected chi connectivity index (χ3v) is 7.39. The van der Waals surface area contributed by atoms with Gasteiger partial charge in [-0.3, -0.25) is 4.90 Å². The van der Waals surface area contributed by atoms with E-state index in [4.69, 9.17) is 0 Å². The van der Waals surface area contributed by atoms with E-state index in [1.807, 2.05) is 0 Å². The third kappa shape index (κ3) is 3.42. The molecule has 2 aliphatic carbocycles. The zero-order valence-corrected chi connectivity index (χ0v) is 18.1. The lowest BCUT2D eigenvalue weighted by molar-refractivity contribution is -0.697. The molecule has 3 nitrogen and oxygen atoms in total. The highest BCUT2D eigenvalue weighted by atomic mass is 79.9. The molecule has 2 fully saturated rings. The van der Waals surface area contributed by atoms with Crippen LogP contribution in [0.2, 0.25) is 0 Å². The lowest BCUT2D eigenvalue weighted by atomic mass is 9.70. The predicted molar refractivity (Wildman–Crippen MR) is 97.4 cm³/mol. The smallest absolute Gasteiger partial charge is 0.173 e. The normalized spacial score (nSPS) is 32.8. The molecule has 2 aliphatic rings. The van der Waals surface area contributed by atoms with Gasteiger partial charge in [0.25, 0.3) is 0 Å². The number of halogens is 1. The predicted octanol–water partition coefficient (Wildman–Crippen LogP) is 0.396. The summed E-state index contributed by atoms with van der Waals surface area (Å²) in [5, 5.41) is 11.0. The standard InChI is InChI=1S/C21H35N2O.BrH/c1-6-7-12-23-13-8-9-16(15-23)14-22(5)18-17-10-11-21(4,19(18)24)20(17,2)3;/h8-9,13,15,17-19,24H,6-7,10-12,14H2,1-5H3;1H/q+1;/p-1/t17-,18-,19-,21+;/m1./s1. The first-order valence-electron chi connectivity index (χ1n) is 9.67. The Morgan fingerprint density at radius 3 is 2.64 bits per heavy atom. The second-order valence-electron chi connectivity index (χ2n) is 8.94. The van der Waals surface area contributed by atoms with Gasteiger partial charge in [0.1, 0.15) is 6.54 Å². The number of hydrogen-bond acceptors (Lipinski definition) is 2. The maximum absolute atomic E-state index is 11.0. The van der Waals surface area contributed by atoms with Crippen LogP contribution in [-0.4, -0.2) is 29.2 Å². The van der Waals surface area contributed by atoms with Crippen LogP contribution in [0.15, 0.2) is 24.5 Å². The van der Waals surface area contributed by atoms with Gasteiger partial charge in [-0.05, 0) is 37.3 Å². The number of hydrogen-bond donors (Lipinski definition) is 1. The molecule has 0 spiro atoms. The fourth-order valence-corrected chi connectivity index (χ4v) is 5.38. The highest BCUT2D eigenvalue weighted by molar-refractivity contribution is 5.18. The van der Waals surface area contributed by atoms with Gasteiger partial charge in [0.2, 0.25) is 0 Å². The second kappa shape index (κ2) is 7.66. The van der Waals surface area contributed by atoms with Crippen LogP contribution < -0.4 is 21.5 Å². The Bertz CT molecular complexity index is 591. The van der Waals surface area contributed by atoms with Gasteiger partial charge in [-0.15, -0.1) is 0 Å². The minimum atomic E-state index is -0.216. The summed E-state index contributed by atoms with van der Waals surface area (Å²) >= 11 is 0. The topological polar surface area (TPSA) is 27.4 Å². The molecule has 1 heterocycles. The first kappa shape index (κ1) is 20.9. The molecule has 0 unspecified atom stereocenters. The zero-order valence-electron chi connectivity index (χ0n) is 16.5. The SMILES string of the molecule is CCCC[n+]1cccc(CN(C)[C@@H]2[C@H]3CC[C@@](C)([C@@H]2O)C3(C)C)c1.[Br-]. The van der Waals surface area contributed by atoms with Gasteiger partial charge in [0.15, 0.2) is 12.4 Å². The van der Waals surface area contributed by atoms with E-state index >= 15 is 0 Å². The minimum absolute atomic E-state index is 0. The molecule has 0 saturated heterocycles. The van der Waals surface area contributed by atoms with E-state index in [-0.39, 0.29) is 40.0 Å². The molecule has 142 valence electrons. The summed E-state index contributed by atoms with van der Waals surface area (Å²) in [6.45, 7) is 11.3. The van der Waals surface area contributed by atoms with Crippen LogP contribution in [-0.2, 0) is 13.1 Å². The number of aryl methyl sites for hydroxylation is 1. The quantitative estimate of drug-likeness (QED) is 0.687. The van der Waals surface area contributed by atoms with Gasteiger partial charge in [-0.2, -0.15) is 0 Å². The van der Waals surface area contributed by atoms with Gasteiger partial charge in [0, 0.05) is 36.1 Å². The van der Waals surface area contributed by atoms with Crippen molar-refractivity contribution in [2.45, 2.75) is 78.6 Å². The Morgan fingerprint density at radius 1 is 1.32 bits per heavy atom. The molecule has 1 N–H and O–H groups in total. The maximum atomic E-state index is 11.0. The number of aromatic nitrogens is 1. The van der Waals surface area contributed by atoms with E-state index in [1.54, 1.807) is 0 Å². The van der Waals surface area contributed by atoms with Crippen molar-refractivity contribution in [1.29, 1.82) is 0 Å². The van der Waals surface area contributed by atoms with E-state index in [0.717, 1.165) is 13.1 Å². The molecule has 4 heteroatoms. The van der Waals surface area contributed by atoms with Crippen LogP contribution in [0.5, 0.6) is 0 Å². The molecule has 2 bridgehead atoms. The third-order valence-electron chi connectivity index (χ3n) is 7.39. The van der Waals surface area contributed by atoms with Crippen LogP contribution >= 0.6 is 0 Å². The molecule has 0 aromatic carbocycles. The van der Waals surface area contributed by atoms with Crippen molar-refractivity contribution < 1.29 is 26.7 Å². The van der Waals surface area contributed by atoms with E-state index in [0.29, 0.717) is 5.92 Å². The number of aliphatic hydroxyl groups is 1. The van der Waals surface area contributed by atoms with Crippen molar-refractivity contribution in [3.8, 4) is 0 Å². The highest BCUT2D eigenvalue weighted by Gasteiger charge is 2.66. The monoisotopic (exact) mass is 410 g/mol. The van der Waals surface area contributed by atoms with Crippen LogP contribution in [0.1, 0.15) is 58.9 Å². The van der Waals surface area contributed by atoms with Crippen LogP contribution in [0.4, 0.5) is 0 Å². The number of unbranched alkanes of at least 4 members (excludes halogenated alkanes) is 1. The van der Waals surface area contributed by atoms with Crippen LogP contribution in [0.25, 0.3) is 0 Å². The Balaban J connectivity index is 0.00000225. The number of aliphatic hydroxyl groups excluding tert-OH is 1. The fraction of sp³-hybridized carbons (Fsp3) is 0.762. The first-order valence-corrected chi connectivity index (χ1v) is 9.67. The molecule has 4 atom stereocenters. The largest absolute Gasteiger partial charge is 1.00 e. The fourth-order valence-electron chi connectivity index (χ4n) is 5.38. The number of rotatable bonds is 6. The van der Waals surface area contributed by atoms with Gasteiger partial charge in [0.05, 0.1) is 6.10 Å². The summed E-state index contributed by atoms with van der Waals surface area (Å²) in [6, 6.07) is 4.65. The molecule has 0 amide bonds. The van der Waals surface area contributed by atoms with Crippen molar-refractivity contribution in [2.24, 2.45) is 16.7 Å². The van der Waals surface area contributed by atoms with Gasteiger partial charge >= 0.3 is 0 Å². The Kier molecular flexibility index (Phi) is 6.39. The second-order valence-corrected chi connectivity index (χ2v) is 8.94. The van der Waals surface area contributed by atoms with E-state index < -0.39 is 0 Å². The molecule has 2 saturated carbocycles. The molecular formula is C21H35BrN2O. The zero-order chi connectivity index (χ0) is 17.5. The van der Waals surface area contributed by atoms with Crippen molar-refractivity contribution in [3.05, 3.63) is 30.1 Å². The van der Waals surface area contributed by atoms with Gasteiger partial charge in [-0.1, -0.05) is 34.1 Å². The van der Waals surface area contributed by atoms with Crippen molar-refractivity contribution in [2.75, 3.05) is 7.05 Å². The number of pyridine rings is 1. The summed E-state index contributed by atoms with van der Waals surface area (Å²) in [5.74, 6) is 0.596. The molecular weight excluding hydrogens is 376 g/mol. The molecule has 1 aromatic heterocycles. The molecule has 1 aromatic rings. The Labute approximate surface area is 164 Å². The molecule has 0 aliphatic heterocycles. The van der Waals surface area contributed by atoms with Crippen molar-refractivity contribution in [3.63, 3.8) is 0 Å². The number of nitrogens with zero attached hydrogens (tertiary/aromatic N) is 2. The van der Waals surface area contributed by atoms with Crippen LogP contribution in [0, 0.1) is 16.7 Å². The van der Waals surface area contributed by atoms with E-state index in [1.165, 1.54) is 31.2 Å². The highest BCUT2D eigenvalue weighted by Crippen LogP contribution is 2.66. The Hall–Kier alpha value is -0.450. The lowest BCUT2D eigenvalue weighted by Crippen LogP contribution is -3.00. The maximum Gasteiger partial charge on any atom is 0.173 e. The van der Waals surface area contributed by atoms with Gasteiger partial charge < -0.3 is 22.1 Å². The van der Waals surface area contributed by atoms with E-state index in [9.17, 15) is 5.11 Å². The lowest BCUT2D eigenvalue weighted by Gasteiger charge is -2.39. The number of likely N-dealkylation sites (N-methyl/N-ethyl adjacent to an activating group) is 1. The molecule has 0 radical (unpaired) electrons. The van der Waals surface area contributed by atoms with Gasteiger partial charge in [-0.25, -0.2) is 4.57 Å². The average Bonchev–Trinajstić information content (AvgIpc) is 2.85. The molecule has 25 heavy (non-hydrogen) atoms. The first-order chi connectivity index (χ1) is 11.3. The minimum Gasteiger partial charge on any atom is -1.00 e. The molecule has 3 rings (SSSR count). The Morgan fingerprint density at radius 2 is 2.04 bits per heavy atom. The number of fused-ring (bicyclic) bond motifs is 2. The summed E-state index contributed by atoms with van der Waals surface area (Å²) < 4.78 is 2.30. The average molecular weight is 411 g/mol. The van der Waals surface area contributed by atoms with Crippen LogP contribution in [0.3, 0.4) is 0 Å².